The molecule has 1 aliphatic rings. The highest BCUT2D eigenvalue weighted by atomic mass is 35.5. The van der Waals surface area contributed by atoms with Gasteiger partial charge in [0.15, 0.2) is 0 Å². The minimum absolute atomic E-state index is 0.0332. The molecule has 0 atom stereocenters. The van der Waals surface area contributed by atoms with Crippen LogP contribution in [0.25, 0.3) is 11.4 Å². The number of hydrogen-bond acceptors (Lipinski definition) is 4. The number of carbonyl (C=O) groups is 1. The Kier molecular flexibility index (Phi) is 5.33. The summed E-state index contributed by atoms with van der Waals surface area (Å²) in [6.45, 7) is 1.11. The highest BCUT2D eigenvalue weighted by Gasteiger charge is 2.28. The van der Waals surface area contributed by atoms with E-state index in [9.17, 15) is 9.18 Å². The molecule has 0 unspecified atom stereocenters. The molecular weight excluding hydrogens is 404 g/mol. The Morgan fingerprint density at radius 2 is 1.86 bits per heavy atom. The Bertz CT molecular complexity index is 1020. The number of rotatable bonds is 3. The average molecular weight is 420 g/mol. The van der Waals surface area contributed by atoms with Gasteiger partial charge in [-0.15, -0.1) is 0 Å². The zero-order valence-corrected chi connectivity index (χ0v) is 16.3. The third-order valence-corrected chi connectivity index (χ3v) is 5.59. The number of benzene rings is 2. The summed E-state index contributed by atoms with van der Waals surface area (Å²) in [4.78, 5) is 18.8. The normalized spacial score (nSPS) is 15.0. The summed E-state index contributed by atoms with van der Waals surface area (Å²) >= 11 is 11.9. The van der Waals surface area contributed by atoms with Crippen LogP contribution in [0.4, 0.5) is 4.39 Å². The van der Waals surface area contributed by atoms with E-state index in [4.69, 9.17) is 27.7 Å². The molecule has 8 heteroatoms. The standard InChI is InChI=1S/C20H16Cl2FN3O2/c21-15-6-5-13(11-16(15)22)20(27)26-9-7-12(8-10-26)19-24-18(25-28-19)14-3-1-2-4-17(14)23/h1-6,11-12H,7-10H2. The summed E-state index contributed by atoms with van der Waals surface area (Å²) < 4.78 is 19.3. The van der Waals surface area contributed by atoms with E-state index in [1.54, 1.807) is 41.3 Å². The Labute approximate surface area is 171 Å². The first-order valence-corrected chi connectivity index (χ1v) is 9.61. The van der Waals surface area contributed by atoms with Crippen molar-refractivity contribution in [1.29, 1.82) is 0 Å². The van der Waals surface area contributed by atoms with Crippen LogP contribution in [0.3, 0.4) is 0 Å². The number of nitrogens with zero attached hydrogens (tertiary/aromatic N) is 3. The third kappa shape index (κ3) is 3.75. The molecule has 3 aromatic rings. The maximum atomic E-state index is 13.9. The molecule has 1 aromatic heterocycles. The molecule has 1 saturated heterocycles. The molecular formula is C20H16Cl2FN3O2. The molecule has 2 aromatic carbocycles. The van der Waals surface area contributed by atoms with Crippen LogP contribution in [-0.4, -0.2) is 34.0 Å². The highest BCUT2D eigenvalue weighted by molar-refractivity contribution is 6.42. The lowest BCUT2D eigenvalue weighted by Gasteiger charge is -2.30. The van der Waals surface area contributed by atoms with Crippen LogP contribution >= 0.6 is 23.2 Å². The van der Waals surface area contributed by atoms with Gasteiger partial charge in [-0.1, -0.05) is 40.5 Å². The van der Waals surface area contributed by atoms with Crippen molar-refractivity contribution in [2.24, 2.45) is 0 Å². The minimum Gasteiger partial charge on any atom is -0.339 e. The van der Waals surface area contributed by atoms with Gasteiger partial charge in [-0.25, -0.2) is 4.39 Å². The fourth-order valence-electron chi connectivity index (χ4n) is 3.29. The molecule has 0 bridgehead atoms. The molecule has 5 nitrogen and oxygen atoms in total. The van der Waals surface area contributed by atoms with Crippen molar-refractivity contribution < 1.29 is 13.7 Å². The van der Waals surface area contributed by atoms with E-state index >= 15 is 0 Å². The fraction of sp³-hybridized carbons (Fsp3) is 0.250. The van der Waals surface area contributed by atoms with E-state index in [-0.39, 0.29) is 17.6 Å². The molecule has 1 fully saturated rings. The molecule has 0 aliphatic carbocycles. The van der Waals surface area contributed by atoms with Gasteiger partial charge >= 0.3 is 0 Å². The molecule has 0 spiro atoms. The van der Waals surface area contributed by atoms with Gasteiger partial charge < -0.3 is 9.42 Å². The largest absolute Gasteiger partial charge is 0.339 e. The molecule has 2 heterocycles. The van der Waals surface area contributed by atoms with Gasteiger partial charge in [-0.3, -0.25) is 4.79 Å². The number of piperidine rings is 1. The molecule has 4 rings (SSSR count). The van der Waals surface area contributed by atoms with Crippen molar-refractivity contribution in [3.05, 3.63) is 69.8 Å². The van der Waals surface area contributed by atoms with Crippen molar-refractivity contribution in [3.8, 4) is 11.4 Å². The van der Waals surface area contributed by atoms with Crippen molar-refractivity contribution in [2.45, 2.75) is 18.8 Å². The second kappa shape index (κ2) is 7.89. The van der Waals surface area contributed by atoms with Gasteiger partial charge in [0.1, 0.15) is 5.82 Å². The van der Waals surface area contributed by atoms with E-state index in [0.29, 0.717) is 53.0 Å². The van der Waals surface area contributed by atoms with E-state index in [1.165, 1.54) is 6.07 Å². The Hall–Kier alpha value is -2.44. The third-order valence-electron chi connectivity index (χ3n) is 4.85. The second-order valence-corrected chi connectivity index (χ2v) is 7.45. The number of amides is 1. The van der Waals surface area contributed by atoms with Crippen molar-refractivity contribution >= 4 is 29.1 Å². The van der Waals surface area contributed by atoms with Crippen molar-refractivity contribution in [3.63, 3.8) is 0 Å². The van der Waals surface area contributed by atoms with E-state index in [1.807, 2.05) is 0 Å². The van der Waals surface area contributed by atoms with E-state index in [0.717, 1.165) is 0 Å². The summed E-state index contributed by atoms with van der Waals surface area (Å²) in [5, 5.41) is 4.68. The van der Waals surface area contributed by atoms with Crippen LogP contribution in [0.15, 0.2) is 47.0 Å². The first kappa shape index (κ1) is 18.9. The summed E-state index contributed by atoms with van der Waals surface area (Å²) in [7, 11) is 0. The number of likely N-dealkylation sites (tertiary alicyclic amines) is 1. The van der Waals surface area contributed by atoms with Crippen molar-refractivity contribution in [2.75, 3.05) is 13.1 Å². The van der Waals surface area contributed by atoms with Crippen LogP contribution in [0, 0.1) is 5.82 Å². The fourth-order valence-corrected chi connectivity index (χ4v) is 3.59. The molecule has 28 heavy (non-hydrogen) atoms. The Morgan fingerprint density at radius 1 is 1.11 bits per heavy atom. The zero-order chi connectivity index (χ0) is 19.7. The van der Waals surface area contributed by atoms with E-state index < -0.39 is 5.82 Å². The van der Waals surface area contributed by atoms with Gasteiger partial charge in [0.25, 0.3) is 5.91 Å². The van der Waals surface area contributed by atoms with Gasteiger partial charge in [-0.2, -0.15) is 4.98 Å². The topological polar surface area (TPSA) is 59.2 Å². The summed E-state index contributed by atoms with van der Waals surface area (Å²) in [6.07, 6.45) is 1.37. The van der Waals surface area contributed by atoms with Gasteiger partial charge in [0.2, 0.25) is 11.7 Å². The molecule has 0 radical (unpaired) electrons. The van der Waals surface area contributed by atoms with Crippen LogP contribution in [-0.2, 0) is 0 Å². The predicted octanol–water partition coefficient (Wildman–Crippen LogP) is 5.20. The van der Waals surface area contributed by atoms with E-state index in [2.05, 4.69) is 10.1 Å². The number of halogens is 3. The minimum atomic E-state index is -0.392. The van der Waals surface area contributed by atoms with Crippen LogP contribution in [0.1, 0.15) is 35.0 Å². The summed E-state index contributed by atoms with van der Waals surface area (Å²) in [5.74, 6) is 0.264. The Morgan fingerprint density at radius 3 is 2.57 bits per heavy atom. The molecule has 0 saturated carbocycles. The molecule has 144 valence electrons. The molecule has 1 amide bonds. The van der Waals surface area contributed by atoms with Gasteiger partial charge in [-0.05, 0) is 43.2 Å². The van der Waals surface area contributed by atoms with Crippen LogP contribution < -0.4 is 0 Å². The quantitative estimate of drug-likeness (QED) is 0.584. The monoisotopic (exact) mass is 419 g/mol. The lowest BCUT2D eigenvalue weighted by atomic mass is 9.96. The summed E-state index contributed by atoms with van der Waals surface area (Å²) in [5.41, 5.74) is 0.817. The highest BCUT2D eigenvalue weighted by Crippen LogP contribution is 2.30. The second-order valence-electron chi connectivity index (χ2n) is 6.63. The van der Waals surface area contributed by atoms with Gasteiger partial charge in [0, 0.05) is 24.6 Å². The zero-order valence-electron chi connectivity index (χ0n) is 14.7. The maximum absolute atomic E-state index is 13.9. The number of aromatic nitrogens is 2. The number of hydrogen-bond donors (Lipinski definition) is 0. The SMILES string of the molecule is O=C(c1ccc(Cl)c(Cl)c1)N1CCC(c2nc(-c3ccccc3F)no2)CC1. The molecule has 1 aliphatic heterocycles. The average Bonchev–Trinajstić information content (AvgIpc) is 3.20. The molecule has 0 N–H and O–H groups in total. The smallest absolute Gasteiger partial charge is 0.253 e. The van der Waals surface area contributed by atoms with Gasteiger partial charge in [0.05, 0.1) is 15.6 Å². The van der Waals surface area contributed by atoms with Crippen LogP contribution in [0.2, 0.25) is 10.0 Å². The summed E-state index contributed by atoms with van der Waals surface area (Å²) in [6, 6.07) is 11.2. The first-order valence-electron chi connectivity index (χ1n) is 8.86. The first-order chi connectivity index (χ1) is 13.5. The van der Waals surface area contributed by atoms with Crippen LogP contribution in [0.5, 0.6) is 0 Å². The Balaban J connectivity index is 1.42. The lowest BCUT2D eigenvalue weighted by Crippen LogP contribution is -2.38. The number of carbonyl (C=O) groups excluding carboxylic acids is 1. The van der Waals surface area contributed by atoms with Crippen molar-refractivity contribution in [1.82, 2.24) is 15.0 Å². The lowest BCUT2D eigenvalue weighted by molar-refractivity contribution is 0.0704. The predicted molar refractivity (Wildman–Crippen MR) is 104 cm³/mol. The maximum Gasteiger partial charge on any atom is 0.253 e.